The number of urea groups is 1. The summed E-state index contributed by atoms with van der Waals surface area (Å²) in [4.78, 5) is 40.1. The van der Waals surface area contributed by atoms with E-state index in [-0.39, 0.29) is 49.9 Å². The van der Waals surface area contributed by atoms with Gasteiger partial charge in [-0.15, -0.1) is 0 Å². The molecule has 1 heterocycles. The molecule has 2 aromatic rings. The van der Waals surface area contributed by atoms with Crippen molar-refractivity contribution in [3.8, 4) is 0 Å². The summed E-state index contributed by atoms with van der Waals surface area (Å²) in [6.07, 6.45) is 0.0857. The van der Waals surface area contributed by atoms with Crippen molar-refractivity contribution in [2.75, 3.05) is 33.4 Å². The van der Waals surface area contributed by atoms with Crippen molar-refractivity contribution in [2.24, 2.45) is 0 Å². The van der Waals surface area contributed by atoms with Gasteiger partial charge in [-0.3, -0.25) is 4.79 Å². The summed E-state index contributed by atoms with van der Waals surface area (Å²) in [6.45, 7) is 2.14. The number of carbonyl (C=O) groups excluding carboxylic acids is 3. The Kier molecular flexibility index (Phi) is 9.22. The Morgan fingerprint density at radius 1 is 1.17 bits per heavy atom. The van der Waals surface area contributed by atoms with Crippen LogP contribution in [0.1, 0.15) is 24.1 Å². The fourth-order valence-corrected chi connectivity index (χ4v) is 3.83. The van der Waals surface area contributed by atoms with Gasteiger partial charge < -0.3 is 25.0 Å². The van der Waals surface area contributed by atoms with Gasteiger partial charge in [0.05, 0.1) is 43.5 Å². The Labute approximate surface area is 208 Å². The van der Waals surface area contributed by atoms with E-state index in [1.807, 2.05) is 0 Å². The quantitative estimate of drug-likeness (QED) is 0.485. The highest BCUT2D eigenvalue weighted by Gasteiger charge is 2.35. The number of nitrogens with one attached hydrogen (secondary N) is 2. The Morgan fingerprint density at radius 3 is 2.57 bits per heavy atom. The lowest BCUT2D eigenvalue weighted by Crippen LogP contribution is -2.49. The van der Waals surface area contributed by atoms with E-state index >= 15 is 0 Å². The van der Waals surface area contributed by atoms with Crippen LogP contribution in [0.2, 0.25) is 5.02 Å². The van der Waals surface area contributed by atoms with Gasteiger partial charge in [0.15, 0.2) is 0 Å². The van der Waals surface area contributed by atoms with Crippen molar-refractivity contribution in [2.45, 2.75) is 19.4 Å². The number of ether oxygens (including phenoxy) is 2. The predicted molar refractivity (Wildman–Crippen MR) is 128 cm³/mol. The fourth-order valence-electron chi connectivity index (χ4n) is 3.70. The van der Waals surface area contributed by atoms with Gasteiger partial charge in [0, 0.05) is 18.7 Å². The van der Waals surface area contributed by atoms with Crippen molar-refractivity contribution in [1.82, 2.24) is 15.5 Å². The third-order valence-electron chi connectivity index (χ3n) is 5.37. The smallest absolute Gasteiger partial charge is 0.338 e. The monoisotopic (exact) mass is 503 g/mol. The van der Waals surface area contributed by atoms with E-state index in [9.17, 15) is 18.8 Å². The highest BCUT2D eigenvalue weighted by Crippen LogP contribution is 2.28. The average molecular weight is 504 g/mol. The molecule has 1 aliphatic heterocycles. The van der Waals surface area contributed by atoms with Gasteiger partial charge in [-0.1, -0.05) is 35.9 Å². The van der Waals surface area contributed by atoms with Crippen molar-refractivity contribution in [3.63, 3.8) is 0 Å². The van der Waals surface area contributed by atoms with Crippen LogP contribution in [0.4, 0.5) is 9.18 Å². The molecule has 0 unspecified atom stereocenters. The highest BCUT2D eigenvalue weighted by atomic mass is 35.5. The van der Waals surface area contributed by atoms with E-state index in [0.29, 0.717) is 10.6 Å². The summed E-state index contributed by atoms with van der Waals surface area (Å²) >= 11 is 5.94. The highest BCUT2D eigenvalue weighted by molar-refractivity contribution is 6.30. The van der Waals surface area contributed by atoms with E-state index in [1.165, 1.54) is 30.2 Å². The molecule has 3 rings (SSSR count). The van der Waals surface area contributed by atoms with E-state index in [0.717, 1.165) is 5.56 Å². The van der Waals surface area contributed by atoms with Crippen molar-refractivity contribution >= 4 is 29.5 Å². The van der Waals surface area contributed by atoms with E-state index < -0.39 is 23.9 Å². The summed E-state index contributed by atoms with van der Waals surface area (Å²) in [5.74, 6) is -1.43. The summed E-state index contributed by atoms with van der Waals surface area (Å²) in [7, 11) is 1.51. The molecule has 0 radical (unpaired) electrons. The normalized spacial score (nSPS) is 15.3. The maximum atomic E-state index is 13.9. The first-order valence-electron chi connectivity index (χ1n) is 11.1. The second-order valence-electron chi connectivity index (χ2n) is 7.81. The number of nitrogens with zero attached hydrogens (tertiary/aromatic N) is 1. The number of methoxy groups -OCH3 is 1. The van der Waals surface area contributed by atoms with Gasteiger partial charge in [-0.25, -0.2) is 14.0 Å². The largest absolute Gasteiger partial charge is 0.463 e. The van der Waals surface area contributed by atoms with E-state index in [1.54, 1.807) is 37.3 Å². The molecule has 10 heteroatoms. The first kappa shape index (κ1) is 26.2. The molecule has 35 heavy (non-hydrogen) atoms. The predicted octanol–water partition coefficient (Wildman–Crippen LogP) is 3.37. The van der Waals surface area contributed by atoms with Crippen LogP contribution in [0.5, 0.6) is 0 Å². The Balaban J connectivity index is 1.97. The first-order chi connectivity index (χ1) is 16.8. The molecule has 0 aliphatic carbocycles. The van der Waals surface area contributed by atoms with Crippen LogP contribution < -0.4 is 10.6 Å². The second-order valence-corrected chi connectivity index (χ2v) is 8.25. The number of hydrogen-bond donors (Lipinski definition) is 2. The van der Waals surface area contributed by atoms with Crippen molar-refractivity contribution in [3.05, 3.63) is 81.8 Å². The molecule has 8 nitrogen and oxygen atoms in total. The number of esters is 1. The lowest BCUT2D eigenvalue weighted by atomic mass is 9.94. The topological polar surface area (TPSA) is 97.0 Å². The molecule has 0 saturated heterocycles. The number of amides is 3. The number of rotatable bonds is 10. The van der Waals surface area contributed by atoms with Crippen LogP contribution in [0.15, 0.2) is 59.8 Å². The van der Waals surface area contributed by atoms with Gasteiger partial charge in [-0.05, 0) is 42.3 Å². The molecule has 0 saturated carbocycles. The van der Waals surface area contributed by atoms with Gasteiger partial charge in [0.1, 0.15) is 5.82 Å². The minimum atomic E-state index is -0.954. The van der Waals surface area contributed by atoms with Crippen LogP contribution in [-0.4, -0.2) is 56.2 Å². The number of hydrogen-bond acceptors (Lipinski definition) is 5. The van der Waals surface area contributed by atoms with Crippen LogP contribution in [0, 0.1) is 5.82 Å². The molecule has 2 aromatic carbocycles. The van der Waals surface area contributed by atoms with Crippen LogP contribution >= 0.6 is 11.6 Å². The lowest BCUT2D eigenvalue weighted by Gasteiger charge is -2.32. The molecule has 0 aromatic heterocycles. The molecular formula is C25H27ClFN3O5. The summed E-state index contributed by atoms with van der Waals surface area (Å²) < 4.78 is 24.3. The lowest BCUT2D eigenvalue weighted by molar-refractivity contribution is -0.139. The first-order valence-corrected chi connectivity index (χ1v) is 11.4. The third-order valence-corrected chi connectivity index (χ3v) is 5.62. The third kappa shape index (κ3) is 7.03. The molecular weight excluding hydrogens is 477 g/mol. The molecule has 0 spiro atoms. The van der Waals surface area contributed by atoms with Gasteiger partial charge in [-0.2, -0.15) is 0 Å². The maximum absolute atomic E-state index is 13.9. The molecule has 1 atom stereocenters. The minimum Gasteiger partial charge on any atom is -0.463 e. The number of benzene rings is 2. The zero-order valence-electron chi connectivity index (χ0n) is 19.5. The molecule has 0 fully saturated rings. The summed E-state index contributed by atoms with van der Waals surface area (Å²) in [6, 6.07) is 11.0. The molecule has 3 amide bonds. The SMILES string of the molecule is CCOC(=O)C1=C(CN(CCOC)C(=O)Cc2ccc(Cl)cc2)NC(=O)N[C@H]1c1cccc(F)c1. The Bertz CT molecular complexity index is 1110. The molecule has 2 N–H and O–H groups in total. The minimum absolute atomic E-state index is 0.0802. The Hall–Kier alpha value is -3.43. The fraction of sp³-hybridized carbons (Fsp3) is 0.320. The second kappa shape index (κ2) is 12.3. The maximum Gasteiger partial charge on any atom is 0.338 e. The van der Waals surface area contributed by atoms with Crippen LogP contribution in [0.3, 0.4) is 0 Å². The zero-order valence-corrected chi connectivity index (χ0v) is 20.2. The number of carbonyl (C=O) groups is 3. The van der Waals surface area contributed by atoms with Crippen molar-refractivity contribution < 1.29 is 28.2 Å². The van der Waals surface area contributed by atoms with Crippen LogP contribution in [-0.2, 0) is 25.5 Å². The van der Waals surface area contributed by atoms with Crippen LogP contribution in [0.25, 0.3) is 0 Å². The van der Waals surface area contributed by atoms with Gasteiger partial charge >= 0.3 is 12.0 Å². The van der Waals surface area contributed by atoms with Gasteiger partial charge in [0.25, 0.3) is 0 Å². The Morgan fingerprint density at radius 2 is 1.91 bits per heavy atom. The molecule has 0 bridgehead atoms. The summed E-state index contributed by atoms with van der Waals surface area (Å²) in [5, 5.41) is 5.85. The van der Waals surface area contributed by atoms with E-state index in [4.69, 9.17) is 21.1 Å². The zero-order chi connectivity index (χ0) is 25.4. The van der Waals surface area contributed by atoms with Crippen molar-refractivity contribution in [1.29, 1.82) is 0 Å². The number of halogens is 2. The van der Waals surface area contributed by atoms with Gasteiger partial charge in [0.2, 0.25) is 5.91 Å². The molecule has 186 valence electrons. The standard InChI is InChI=1S/C25H27ClFN3O5/c1-3-35-24(32)22-20(28-25(33)29-23(22)17-5-4-6-19(27)14-17)15-30(11-12-34-2)21(31)13-16-7-9-18(26)10-8-16/h4-10,14,23H,3,11-13,15H2,1-2H3,(H2,28,29,33)/t23-/m0/s1. The summed E-state index contributed by atoms with van der Waals surface area (Å²) in [5.41, 5.74) is 1.42. The molecule has 1 aliphatic rings. The average Bonchev–Trinajstić information content (AvgIpc) is 2.82. The van der Waals surface area contributed by atoms with E-state index in [2.05, 4.69) is 10.6 Å².